The lowest BCUT2D eigenvalue weighted by Crippen LogP contribution is -2.47. The maximum absolute atomic E-state index is 12.7. The molecular formula is C20H27N5O3. The number of hydrogen-bond donors (Lipinski definition) is 1. The average molecular weight is 385 g/mol. The number of ether oxygens (including phenoxy) is 1. The Morgan fingerprint density at radius 1 is 1.32 bits per heavy atom. The van der Waals surface area contributed by atoms with Crippen molar-refractivity contribution in [3.63, 3.8) is 0 Å². The largest absolute Gasteiger partial charge is 0.375 e. The van der Waals surface area contributed by atoms with E-state index in [4.69, 9.17) is 4.74 Å². The van der Waals surface area contributed by atoms with Crippen LogP contribution in [0.2, 0.25) is 0 Å². The number of benzene rings is 1. The molecule has 3 heterocycles. The van der Waals surface area contributed by atoms with Gasteiger partial charge in [-0.2, -0.15) is 0 Å². The number of aryl methyl sites for hydroxylation is 1. The SMILES string of the molecule is CN(C)C(=O)C[C@H]1CN2C[C@H](NC(=O)c3ccc4c(c3)ncn4C)C[C@H]2CO1. The molecule has 28 heavy (non-hydrogen) atoms. The first-order valence-corrected chi connectivity index (χ1v) is 9.68. The number of carbonyl (C=O) groups excluding carboxylic acids is 2. The fourth-order valence-electron chi connectivity index (χ4n) is 4.09. The van der Waals surface area contributed by atoms with Crippen molar-refractivity contribution in [1.82, 2.24) is 24.7 Å². The van der Waals surface area contributed by atoms with Gasteiger partial charge in [0.1, 0.15) is 0 Å². The number of nitrogens with one attached hydrogen (secondary N) is 1. The standard InChI is InChI=1S/C20H27N5O3/c1-23(2)19(26)8-16-10-25-9-14(7-15(25)11-28-16)22-20(27)13-4-5-18-17(6-13)21-12-24(18)3/h4-6,12,14-16H,7-11H2,1-3H3,(H,22,27)/t14-,15+,16+/m1/s1. The summed E-state index contributed by atoms with van der Waals surface area (Å²) in [7, 11) is 5.46. The number of imidazole rings is 1. The van der Waals surface area contributed by atoms with Gasteiger partial charge in [-0.05, 0) is 24.6 Å². The smallest absolute Gasteiger partial charge is 0.251 e. The second-order valence-electron chi connectivity index (χ2n) is 8.02. The van der Waals surface area contributed by atoms with Crippen LogP contribution in [0.25, 0.3) is 11.0 Å². The number of rotatable bonds is 4. The van der Waals surface area contributed by atoms with E-state index in [1.807, 2.05) is 29.8 Å². The van der Waals surface area contributed by atoms with Crippen LogP contribution in [0, 0.1) is 0 Å². The van der Waals surface area contributed by atoms with Gasteiger partial charge < -0.3 is 19.5 Å². The summed E-state index contributed by atoms with van der Waals surface area (Å²) >= 11 is 0. The van der Waals surface area contributed by atoms with E-state index in [9.17, 15) is 9.59 Å². The lowest BCUT2D eigenvalue weighted by atomic mass is 10.1. The van der Waals surface area contributed by atoms with Crippen molar-refractivity contribution in [2.24, 2.45) is 7.05 Å². The van der Waals surface area contributed by atoms with Crippen molar-refractivity contribution in [3.05, 3.63) is 30.1 Å². The molecule has 1 N–H and O–H groups in total. The molecule has 2 fully saturated rings. The van der Waals surface area contributed by atoms with Gasteiger partial charge in [0.25, 0.3) is 5.91 Å². The molecule has 150 valence electrons. The Balaban J connectivity index is 1.35. The van der Waals surface area contributed by atoms with E-state index in [1.54, 1.807) is 25.3 Å². The van der Waals surface area contributed by atoms with Gasteiger partial charge in [-0.25, -0.2) is 4.98 Å². The van der Waals surface area contributed by atoms with Crippen LogP contribution >= 0.6 is 0 Å². The van der Waals surface area contributed by atoms with Crippen molar-refractivity contribution >= 4 is 22.8 Å². The van der Waals surface area contributed by atoms with E-state index < -0.39 is 0 Å². The molecule has 2 saturated heterocycles. The van der Waals surface area contributed by atoms with E-state index in [0.29, 0.717) is 24.6 Å². The Bertz CT molecular complexity index is 893. The highest BCUT2D eigenvalue weighted by atomic mass is 16.5. The molecule has 0 spiro atoms. The van der Waals surface area contributed by atoms with Crippen LogP contribution in [0.15, 0.2) is 24.5 Å². The monoisotopic (exact) mass is 385 g/mol. The Kier molecular flexibility index (Phi) is 5.07. The predicted octanol–water partition coefficient (Wildman–Crippen LogP) is 0.623. The van der Waals surface area contributed by atoms with Gasteiger partial charge in [-0.1, -0.05) is 0 Å². The number of amides is 2. The summed E-state index contributed by atoms with van der Waals surface area (Å²) in [6.45, 7) is 2.13. The normalized spacial score (nSPS) is 24.9. The molecule has 4 rings (SSSR count). The van der Waals surface area contributed by atoms with Gasteiger partial charge in [0.15, 0.2) is 0 Å². The van der Waals surface area contributed by atoms with E-state index in [-0.39, 0.29) is 24.0 Å². The summed E-state index contributed by atoms with van der Waals surface area (Å²) in [5, 5.41) is 3.15. The lowest BCUT2D eigenvalue weighted by molar-refractivity contribution is -0.134. The Hall–Kier alpha value is -2.45. The molecule has 2 amide bonds. The van der Waals surface area contributed by atoms with Crippen LogP contribution in [-0.4, -0.2) is 83.1 Å². The molecule has 0 radical (unpaired) electrons. The van der Waals surface area contributed by atoms with Gasteiger partial charge in [-0.15, -0.1) is 0 Å². The minimum absolute atomic E-state index is 0.0716. The van der Waals surface area contributed by atoms with Gasteiger partial charge in [0.05, 0.1) is 36.5 Å². The number of morpholine rings is 1. The molecule has 0 bridgehead atoms. The average Bonchev–Trinajstić information content (AvgIpc) is 3.23. The molecule has 1 aromatic carbocycles. The van der Waals surface area contributed by atoms with Crippen molar-refractivity contribution in [3.8, 4) is 0 Å². The Morgan fingerprint density at radius 3 is 2.93 bits per heavy atom. The lowest BCUT2D eigenvalue weighted by Gasteiger charge is -2.35. The number of carbonyl (C=O) groups is 2. The summed E-state index contributed by atoms with van der Waals surface area (Å²) in [4.78, 5) is 32.9. The minimum Gasteiger partial charge on any atom is -0.375 e. The van der Waals surface area contributed by atoms with Crippen molar-refractivity contribution in [1.29, 1.82) is 0 Å². The molecular weight excluding hydrogens is 358 g/mol. The highest BCUT2D eigenvalue weighted by Crippen LogP contribution is 2.25. The molecule has 1 aromatic heterocycles. The molecule has 2 aromatic rings. The van der Waals surface area contributed by atoms with Crippen LogP contribution in [0.5, 0.6) is 0 Å². The maximum Gasteiger partial charge on any atom is 0.251 e. The zero-order chi connectivity index (χ0) is 19.8. The van der Waals surface area contributed by atoms with Crippen molar-refractivity contribution < 1.29 is 14.3 Å². The van der Waals surface area contributed by atoms with E-state index in [0.717, 1.165) is 30.5 Å². The summed E-state index contributed by atoms with van der Waals surface area (Å²) < 4.78 is 7.82. The third-order valence-electron chi connectivity index (χ3n) is 5.71. The Labute approximate surface area is 164 Å². The topological polar surface area (TPSA) is 79.7 Å². The molecule has 2 aliphatic heterocycles. The van der Waals surface area contributed by atoms with Crippen LogP contribution in [0.4, 0.5) is 0 Å². The number of nitrogens with zero attached hydrogens (tertiary/aromatic N) is 4. The fourth-order valence-corrected chi connectivity index (χ4v) is 4.09. The third kappa shape index (κ3) is 3.74. The quantitative estimate of drug-likeness (QED) is 0.835. The molecule has 8 nitrogen and oxygen atoms in total. The third-order valence-corrected chi connectivity index (χ3v) is 5.71. The summed E-state index contributed by atoms with van der Waals surface area (Å²) in [6, 6.07) is 5.99. The van der Waals surface area contributed by atoms with Crippen LogP contribution in [-0.2, 0) is 16.6 Å². The molecule has 8 heteroatoms. The van der Waals surface area contributed by atoms with Crippen molar-refractivity contribution in [2.45, 2.75) is 31.0 Å². The molecule has 0 aliphatic carbocycles. The molecule has 0 unspecified atom stereocenters. The second kappa shape index (κ2) is 7.52. The first-order chi connectivity index (χ1) is 13.4. The van der Waals surface area contributed by atoms with E-state index in [2.05, 4.69) is 15.2 Å². The van der Waals surface area contributed by atoms with Crippen molar-refractivity contribution in [2.75, 3.05) is 33.8 Å². The van der Waals surface area contributed by atoms with Gasteiger partial charge in [0.2, 0.25) is 5.91 Å². The molecule has 2 aliphatic rings. The first kappa shape index (κ1) is 18.9. The highest BCUT2D eigenvalue weighted by Gasteiger charge is 2.38. The van der Waals surface area contributed by atoms with Crippen LogP contribution in [0.3, 0.4) is 0 Å². The van der Waals surface area contributed by atoms with Crippen LogP contribution in [0.1, 0.15) is 23.2 Å². The van der Waals surface area contributed by atoms with Gasteiger partial charge in [-0.3, -0.25) is 14.5 Å². The first-order valence-electron chi connectivity index (χ1n) is 9.68. The van der Waals surface area contributed by atoms with Gasteiger partial charge in [0, 0.05) is 51.9 Å². The minimum atomic E-state index is -0.0767. The van der Waals surface area contributed by atoms with Crippen LogP contribution < -0.4 is 5.32 Å². The zero-order valence-electron chi connectivity index (χ0n) is 16.6. The molecule has 3 atom stereocenters. The maximum atomic E-state index is 12.7. The number of hydrogen-bond acceptors (Lipinski definition) is 5. The number of fused-ring (bicyclic) bond motifs is 2. The summed E-state index contributed by atoms with van der Waals surface area (Å²) in [6.07, 6.45) is 2.94. The van der Waals surface area contributed by atoms with Gasteiger partial charge >= 0.3 is 0 Å². The number of aromatic nitrogens is 2. The second-order valence-corrected chi connectivity index (χ2v) is 8.02. The molecule has 0 saturated carbocycles. The fraction of sp³-hybridized carbons (Fsp3) is 0.550. The predicted molar refractivity (Wildman–Crippen MR) is 105 cm³/mol. The highest BCUT2D eigenvalue weighted by molar-refractivity contribution is 5.97. The Morgan fingerprint density at radius 2 is 2.14 bits per heavy atom. The zero-order valence-corrected chi connectivity index (χ0v) is 16.6. The summed E-state index contributed by atoms with van der Waals surface area (Å²) in [5.74, 6) is 0.00932. The summed E-state index contributed by atoms with van der Waals surface area (Å²) in [5.41, 5.74) is 2.45. The van der Waals surface area contributed by atoms with E-state index in [1.165, 1.54) is 0 Å². The van der Waals surface area contributed by atoms with E-state index >= 15 is 0 Å².